The average molecular weight is 381 g/mol. The fraction of sp³-hybridized carbons (Fsp3) is 0.200. The smallest absolute Gasteiger partial charge is 0.270 e. The molecule has 0 radical (unpaired) electrons. The number of hydrogen-bond acceptors (Lipinski definition) is 5. The minimum absolute atomic E-state index is 0.00944. The van der Waals surface area contributed by atoms with Gasteiger partial charge in [0.1, 0.15) is 0 Å². The average Bonchev–Trinajstić information content (AvgIpc) is 3.00. The Labute approximate surface area is 161 Å². The van der Waals surface area contributed by atoms with Crippen LogP contribution in [0.4, 0.5) is 11.4 Å². The number of aliphatic imine (C=N–C) groups is 1. The summed E-state index contributed by atoms with van der Waals surface area (Å²) in [6.45, 7) is 2.17. The van der Waals surface area contributed by atoms with Crippen LogP contribution in [0.2, 0.25) is 0 Å². The van der Waals surface area contributed by atoms with E-state index in [0.29, 0.717) is 15.6 Å². The summed E-state index contributed by atoms with van der Waals surface area (Å²) in [7, 11) is 0. The second kappa shape index (κ2) is 8.64. The maximum atomic E-state index is 12.2. The van der Waals surface area contributed by atoms with E-state index in [0.717, 1.165) is 24.9 Å². The highest BCUT2D eigenvalue weighted by Crippen LogP contribution is 2.29. The van der Waals surface area contributed by atoms with Crippen LogP contribution < -0.4 is 5.32 Å². The van der Waals surface area contributed by atoms with E-state index >= 15 is 0 Å². The van der Waals surface area contributed by atoms with Crippen molar-refractivity contribution >= 4 is 40.3 Å². The molecule has 0 atom stereocenters. The number of thioether (sulfide) groups is 1. The van der Waals surface area contributed by atoms with Crippen LogP contribution in [-0.4, -0.2) is 16.0 Å². The third-order valence-electron chi connectivity index (χ3n) is 4.02. The van der Waals surface area contributed by atoms with Crippen LogP contribution in [0.5, 0.6) is 0 Å². The summed E-state index contributed by atoms with van der Waals surface area (Å²) >= 11 is 1.22. The summed E-state index contributed by atoms with van der Waals surface area (Å²) in [5.41, 5.74) is 2.64. The van der Waals surface area contributed by atoms with E-state index in [9.17, 15) is 14.9 Å². The van der Waals surface area contributed by atoms with Crippen LogP contribution in [0.1, 0.15) is 30.9 Å². The molecule has 0 bridgehead atoms. The zero-order valence-corrected chi connectivity index (χ0v) is 15.7. The van der Waals surface area contributed by atoms with Crippen molar-refractivity contribution in [3.05, 3.63) is 74.7 Å². The first-order chi connectivity index (χ1) is 13.0. The molecule has 1 N–H and O–H groups in total. The highest BCUT2D eigenvalue weighted by Gasteiger charge is 2.24. The Kier molecular flexibility index (Phi) is 6.03. The van der Waals surface area contributed by atoms with E-state index in [2.05, 4.69) is 29.4 Å². The number of aryl methyl sites for hydroxylation is 1. The van der Waals surface area contributed by atoms with Gasteiger partial charge >= 0.3 is 0 Å². The van der Waals surface area contributed by atoms with Crippen LogP contribution in [0, 0.1) is 10.1 Å². The SMILES string of the molecule is CCCCc1ccc(N=C2NC(=O)C(=Cc3cccc([N+](=O)[O-])c3)S2)cc1. The van der Waals surface area contributed by atoms with E-state index in [1.807, 2.05) is 12.1 Å². The maximum absolute atomic E-state index is 12.2. The molecule has 3 rings (SSSR count). The normalized spacial score (nSPS) is 16.7. The van der Waals surface area contributed by atoms with Gasteiger partial charge in [0.15, 0.2) is 5.17 Å². The van der Waals surface area contributed by atoms with Crippen LogP contribution in [0.25, 0.3) is 6.08 Å². The largest absolute Gasteiger partial charge is 0.300 e. The number of carbonyl (C=O) groups excluding carboxylic acids is 1. The topological polar surface area (TPSA) is 84.6 Å². The van der Waals surface area contributed by atoms with Crippen LogP contribution in [0.3, 0.4) is 0 Å². The van der Waals surface area contributed by atoms with E-state index in [4.69, 9.17) is 0 Å². The van der Waals surface area contributed by atoms with Gasteiger partial charge in [-0.3, -0.25) is 14.9 Å². The van der Waals surface area contributed by atoms with Crippen LogP contribution >= 0.6 is 11.8 Å². The Bertz CT molecular complexity index is 920. The van der Waals surface area contributed by atoms with Crippen molar-refractivity contribution in [2.45, 2.75) is 26.2 Å². The molecular weight excluding hydrogens is 362 g/mol. The summed E-state index contributed by atoms with van der Waals surface area (Å²) < 4.78 is 0. The van der Waals surface area contributed by atoms with Gasteiger partial charge in [-0.15, -0.1) is 0 Å². The summed E-state index contributed by atoms with van der Waals surface area (Å²) in [4.78, 5) is 27.5. The van der Waals surface area contributed by atoms with Crippen molar-refractivity contribution in [2.75, 3.05) is 0 Å². The number of nitro benzene ring substituents is 1. The first-order valence-electron chi connectivity index (χ1n) is 8.68. The van der Waals surface area contributed by atoms with Crippen molar-refractivity contribution in [3.8, 4) is 0 Å². The molecule has 7 heteroatoms. The number of hydrogen-bond donors (Lipinski definition) is 1. The third-order valence-corrected chi connectivity index (χ3v) is 4.93. The summed E-state index contributed by atoms with van der Waals surface area (Å²) in [6, 6.07) is 14.1. The lowest BCUT2D eigenvalue weighted by Crippen LogP contribution is -2.19. The van der Waals surface area contributed by atoms with Gasteiger partial charge in [-0.2, -0.15) is 0 Å². The van der Waals surface area contributed by atoms with Gasteiger partial charge in [-0.05, 0) is 53.9 Å². The number of carbonyl (C=O) groups is 1. The molecule has 0 saturated carbocycles. The second-order valence-electron chi connectivity index (χ2n) is 6.10. The lowest BCUT2D eigenvalue weighted by molar-refractivity contribution is -0.384. The van der Waals surface area contributed by atoms with Gasteiger partial charge in [0, 0.05) is 12.1 Å². The first-order valence-corrected chi connectivity index (χ1v) is 9.50. The summed E-state index contributed by atoms with van der Waals surface area (Å²) in [5.74, 6) is -0.259. The highest BCUT2D eigenvalue weighted by atomic mass is 32.2. The zero-order chi connectivity index (χ0) is 19.2. The van der Waals surface area contributed by atoms with Crippen molar-refractivity contribution in [1.82, 2.24) is 5.32 Å². The number of nitrogens with zero attached hydrogens (tertiary/aromatic N) is 2. The third kappa shape index (κ3) is 5.04. The molecule has 0 aliphatic carbocycles. The molecule has 1 amide bonds. The Morgan fingerprint density at radius 1 is 1.22 bits per heavy atom. The molecule has 1 fully saturated rings. The van der Waals surface area contributed by atoms with Crippen LogP contribution in [-0.2, 0) is 11.2 Å². The lowest BCUT2D eigenvalue weighted by Gasteiger charge is -2.01. The molecule has 1 aliphatic rings. The van der Waals surface area contributed by atoms with Gasteiger partial charge in [0.2, 0.25) is 0 Å². The van der Waals surface area contributed by atoms with Gasteiger partial charge in [-0.1, -0.05) is 37.6 Å². The molecular formula is C20H19N3O3S. The fourth-order valence-electron chi connectivity index (χ4n) is 2.60. The van der Waals surface area contributed by atoms with E-state index < -0.39 is 4.92 Å². The van der Waals surface area contributed by atoms with E-state index in [1.165, 1.54) is 29.5 Å². The van der Waals surface area contributed by atoms with E-state index in [-0.39, 0.29) is 11.6 Å². The molecule has 2 aromatic carbocycles. The Hall–Kier alpha value is -2.93. The molecule has 0 spiro atoms. The Morgan fingerprint density at radius 3 is 2.70 bits per heavy atom. The van der Waals surface area contributed by atoms with Gasteiger partial charge in [-0.25, -0.2) is 4.99 Å². The number of nitro groups is 1. The molecule has 6 nitrogen and oxygen atoms in total. The molecule has 1 saturated heterocycles. The monoisotopic (exact) mass is 381 g/mol. The number of rotatable bonds is 6. The van der Waals surface area contributed by atoms with Crippen molar-refractivity contribution in [2.24, 2.45) is 4.99 Å². The number of nitrogens with one attached hydrogen (secondary N) is 1. The molecule has 27 heavy (non-hydrogen) atoms. The van der Waals surface area contributed by atoms with Gasteiger partial charge in [0.25, 0.3) is 11.6 Å². The Morgan fingerprint density at radius 2 is 2.00 bits per heavy atom. The first kappa shape index (κ1) is 18.8. The molecule has 1 heterocycles. The van der Waals surface area contributed by atoms with Crippen LogP contribution in [0.15, 0.2) is 58.4 Å². The quantitative estimate of drug-likeness (QED) is 0.441. The molecule has 1 aliphatic heterocycles. The number of amidine groups is 1. The van der Waals surface area contributed by atoms with Crippen molar-refractivity contribution in [1.29, 1.82) is 0 Å². The standard InChI is InChI=1S/C20H19N3O3S/c1-2-3-5-14-8-10-16(11-9-14)21-20-22-19(24)18(27-20)13-15-6-4-7-17(12-15)23(25)26/h4,6-13H,2-3,5H2,1H3,(H,21,22,24). The highest BCUT2D eigenvalue weighted by molar-refractivity contribution is 8.18. The van der Waals surface area contributed by atoms with Gasteiger partial charge < -0.3 is 5.32 Å². The van der Waals surface area contributed by atoms with E-state index in [1.54, 1.807) is 18.2 Å². The molecule has 0 unspecified atom stereocenters. The minimum atomic E-state index is -0.457. The number of non-ortho nitro benzene ring substituents is 1. The predicted octanol–water partition coefficient (Wildman–Crippen LogP) is 4.83. The number of amides is 1. The van der Waals surface area contributed by atoms with Crippen molar-refractivity contribution in [3.63, 3.8) is 0 Å². The molecule has 138 valence electrons. The second-order valence-corrected chi connectivity index (χ2v) is 7.13. The minimum Gasteiger partial charge on any atom is -0.300 e. The maximum Gasteiger partial charge on any atom is 0.270 e. The lowest BCUT2D eigenvalue weighted by atomic mass is 10.1. The zero-order valence-electron chi connectivity index (χ0n) is 14.8. The van der Waals surface area contributed by atoms with Gasteiger partial charge in [0.05, 0.1) is 15.5 Å². The number of unbranched alkanes of at least 4 members (excludes halogenated alkanes) is 1. The summed E-state index contributed by atoms with van der Waals surface area (Å²) in [5, 5.41) is 14.1. The number of benzene rings is 2. The molecule has 2 aromatic rings. The van der Waals surface area contributed by atoms with Crippen molar-refractivity contribution < 1.29 is 9.72 Å². The predicted molar refractivity (Wildman–Crippen MR) is 109 cm³/mol. The Balaban J connectivity index is 1.74. The summed E-state index contributed by atoms with van der Waals surface area (Å²) in [6.07, 6.45) is 5.00. The fourth-order valence-corrected chi connectivity index (χ4v) is 3.44. The molecule has 0 aromatic heterocycles.